The lowest BCUT2D eigenvalue weighted by Crippen LogP contribution is -2.36. The van der Waals surface area contributed by atoms with Crippen LogP contribution in [0.3, 0.4) is 0 Å². The molecule has 2 fully saturated rings. The molecule has 2 aromatic rings. The van der Waals surface area contributed by atoms with Gasteiger partial charge in [-0.2, -0.15) is 5.10 Å². The predicted molar refractivity (Wildman–Crippen MR) is 107 cm³/mol. The van der Waals surface area contributed by atoms with Gasteiger partial charge < -0.3 is 0 Å². The molecule has 1 saturated heterocycles. The predicted octanol–water partition coefficient (Wildman–Crippen LogP) is 4.19. The summed E-state index contributed by atoms with van der Waals surface area (Å²) in [5, 5.41) is 5.47. The topological polar surface area (TPSA) is 24.3 Å². The Morgan fingerprint density at radius 3 is 2.73 bits per heavy atom. The summed E-state index contributed by atoms with van der Waals surface area (Å²) < 4.78 is 1.92. The maximum absolute atomic E-state index is 6.20. The van der Waals surface area contributed by atoms with Crippen molar-refractivity contribution in [1.82, 2.24) is 19.6 Å². The lowest BCUT2D eigenvalue weighted by atomic mass is 10.1. The summed E-state index contributed by atoms with van der Waals surface area (Å²) in [4.78, 5) is 5.34. The zero-order chi connectivity index (χ0) is 17.9. The van der Waals surface area contributed by atoms with Gasteiger partial charge in [0.2, 0.25) is 0 Å². The monoisotopic (exact) mass is 372 g/mol. The van der Waals surface area contributed by atoms with Gasteiger partial charge in [0, 0.05) is 55.1 Å². The zero-order valence-electron chi connectivity index (χ0n) is 15.7. The molecule has 0 bridgehead atoms. The van der Waals surface area contributed by atoms with E-state index in [9.17, 15) is 0 Å². The largest absolute Gasteiger partial charge is 0.299 e. The van der Waals surface area contributed by atoms with Crippen LogP contribution in [0.5, 0.6) is 0 Å². The normalized spacial score (nSPS) is 20.5. The fourth-order valence-corrected chi connectivity index (χ4v) is 4.75. The number of rotatable bonds is 4. The Kier molecular flexibility index (Phi) is 5.63. The highest BCUT2D eigenvalue weighted by Crippen LogP contribution is 2.27. The molecule has 2 heterocycles. The molecule has 2 aliphatic rings. The highest BCUT2D eigenvalue weighted by molar-refractivity contribution is 6.30. The number of hydrogen-bond acceptors (Lipinski definition) is 3. The Bertz CT molecular complexity index is 735. The Labute approximate surface area is 161 Å². The standard InChI is InChI=1S/C21H29ClN4/c1-24-15-18(21(23-24)17-6-4-7-19(22)14-17)16-25-10-5-11-26(13-12-25)20-8-2-3-9-20/h4,6-7,14-15,20H,2-3,5,8-13,16H2,1H3. The molecule has 0 radical (unpaired) electrons. The van der Waals surface area contributed by atoms with E-state index in [4.69, 9.17) is 16.7 Å². The number of benzene rings is 1. The molecular formula is C21H29ClN4. The van der Waals surface area contributed by atoms with E-state index in [0.29, 0.717) is 0 Å². The number of hydrogen-bond donors (Lipinski definition) is 0. The third-order valence-electron chi connectivity index (χ3n) is 5.86. The quantitative estimate of drug-likeness (QED) is 0.804. The molecule has 1 aromatic carbocycles. The van der Waals surface area contributed by atoms with E-state index in [1.807, 2.05) is 29.9 Å². The van der Waals surface area contributed by atoms with Crippen LogP contribution in [0.2, 0.25) is 5.02 Å². The van der Waals surface area contributed by atoms with E-state index in [1.54, 1.807) is 0 Å². The van der Waals surface area contributed by atoms with Crippen LogP contribution in [0, 0.1) is 0 Å². The molecule has 0 spiro atoms. The molecule has 26 heavy (non-hydrogen) atoms. The van der Waals surface area contributed by atoms with Crippen LogP contribution < -0.4 is 0 Å². The molecule has 140 valence electrons. The lowest BCUT2D eigenvalue weighted by molar-refractivity contribution is 0.198. The third-order valence-corrected chi connectivity index (χ3v) is 6.10. The minimum atomic E-state index is 0.765. The molecule has 1 saturated carbocycles. The molecule has 5 heteroatoms. The Hall–Kier alpha value is -1.36. The molecule has 1 aliphatic heterocycles. The molecule has 0 N–H and O–H groups in total. The third kappa shape index (κ3) is 4.13. The fourth-order valence-electron chi connectivity index (χ4n) is 4.56. The van der Waals surface area contributed by atoms with Crippen molar-refractivity contribution in [1.29, 1.82) is 0 Å². The van der Waals surface area contributed by atoms with Crippen LogP contribution in [0.25, 0.3) is 11.3 Å². The van der Waals surface area contributed by atoms with Crippen LogP contribution in [-0.4, -0.2) is 51.8 Å². The number of aromatic nitrogens is 2. The molecule has 1 aliphatic carbocycles. The second-order valence-electron chi connectivity index (χ2n) is 7.79. The van der Waals surface area contributed by atoms with Crippen LogP contribution in [0.4, 0.5) is 0 Å². The summed E-state index contributed by atoms with van der Waals surface area (Å²) in [6.45, 7) is 5.76. The maximum Gasteiger partial charge on any atom is 0.0968 e. The summed E-state index contributed by atoms with van der Waals surface area (Å²) in [6, 6.07) is 8.87. The summed E-state index contributed by atoms with van der Waals surface area (Å²) in [6.07, 6.45) is 9.08. The smallest absolute Gasteiger partial charge is 0.0968 e. The van der Waals surface area contributed by atoms with E-state index in [-0.39, 0.29) is 0 Å². The van der Waals surface area contributed by atoms with Crippen molar-refractivity contribution in [2.45, 2.75) is 44.7 Å². The first-order valence-electron chi connectivity index (χ1n) is 9.94. The van der Waals surface area contributed by atoms with Crippen molar-refractivity contribution in [2.24, 2.45) is 7.05 Å². The van der Waals surface area contributed by atoms with Crippen LogP contribution in [-0.2, 0) is 13.6 Å². The molecule has 0 amide bonds. The van der Waals surface area contributed by atoms with Crippen molar-refractivity contribution in [3.8, 4) is 11.3 Å². The number of halogens is 1. The first-order valence-corrected chi connectivity index (χ1v) is 10.3. The van der Waals surface area contributed by atoms with Gasteiger partial charge in [0.05, 0.1) is 5.69 Å². The van der Waals surface area contributed by atoms with Crippen molar-refractivity contribution in [3.63, 3.8) is 0 Å². The second-order valence-corrected chi connectivity index (χ2v) is 8.23. The van der Waals surface area contributed by atoms with Gasteiger partial charge in [0.1, 0.15) is 0 Å². The highest BCUT2D eigenvalue weighted by Gasteiger charge is 2.25. The summed E-state index contributed by atoms with van der Waals surface area (Å²) >= 11 is 6.20. The van der Waals surface area contributed by atoms with E-state index < -0.39 is 0 Å². The van der Waals surface area contributed by atoms with Gasteiger partial charge in [-0.15, -0.1) is 0 Å². The molecule has 0 atom stereocenters. The average Bonchev–Trinajstić information content (AvgIpc) is 3.21. The molecule has 0 unspecified atom stereocenters. The van der Waals surface area contributed by atoms with Crippen molar-refractivity contribution in [3.05, 3.63) is 41.0 Å². The van der Waals surface area contributed by atoms with Crippen LogP contribution >= 0.6 is 11.6 Å². The first kappa shape index (κ1) is 18.0. The summed E-state index contributed by atoms with van der Waals surface area (Å²) in [7, 11) is 2.00. The molecule has 1 aromatic heterocycles. The van der Waals surface area contributed by atoms with Gasteiger partial charge in [-0.25, -0.2) is 0 Å². The van der Waals surface area contributed by atoms with Crippen LogP contribution in [0.1, 0.15) is 37.7 Å². The van der Waals surface area contributed by atoms with Crippen molar-refractivity contribution in [2.75, 3.05) is 26.2 Å². The second kappa shape index (κ2) is 8.12. The van der Waals surface area contributed by atoms with E-state index in [1.165, 1.54) is 57.3 Å². The van der Waals surface area contributed by atoms with Gasteiger partial charge in [-0.3, -0.25) is 14.5 Å². The fraction of sp³-hybridized carbons (Fsp3) is 0.571. The van der Waals surface area contributed by atoms with Gasteiger partial charge in [-0.05, 0) is 44.5 Å². The Balaban J connectivity index is 1.46. The first-order chi connectivity index (χ1) is 12.7. The number of aryl methyl sites for hydroxylation is 1. The maximum atomic E-state index is 6.20. The van der Waals surface area contributed by atoms with E-state index in [0.717, 1.165) is 35.4 Å². The Morgan fingerprint density at radius 2 is 1.92 bits per heavy atom. The zero-order valence-corrected chi connectivity index (χ0v) is 16.5. The van der Waals surface area contributed by atoms with Crippen molar-refractivity contribution < 1.29 is 0 Å². The molecule has 4 nitrogen and oxygen atoms in total. The highest BCUT2D eigenvalue weighted by atomic mass is 35.5. The molecular weight excluding hydrogens is 344 g/mol. The molecule has 4 rings (SSSR count). The average molecular weight is 373 g/mol. The van der Waals surface area contributed by atoms with Crippen molar-refractivity contribution >= 4 is 11.6 Å². The minimum Gasteiger partial charge on any atom is -0.299 e. The Morgan fingerprint density at radius 1 is 1.08 bits per heavy atom. The van der Waals surface area contributed by atoms with Gasteiger partial charge in [0.15, 0.2) is 0 Å². The summed E-state index contributed by atoms with van der Waals surface area (Å²) in [5.74, 6) is 0. The van der Waals surface area contributed by atoms with Gasteiger partial charge in [0.25, 0.3) is 0 Å². The number of nitrogens with zero attached hydrogens (tertiary/aromatic N) is 4. The van der Waals surface area contributed by atoms with Crippen LogP contribution in [0.15, 0.2) is 30.5 Å². The van der Waals surface area contributed by atoms with Gasteiger partial charge >= 0.3 is 0 Å². The minimum absolute atomic E-state index is 0.765. The van der Waals surface area contributed by atoms with Gasteiger partial charge in [-0.1, -0.05) is 36.6 Å². The summed E-state index contributed by atoms with van der Waals surface area (Å²) in [5.41, 5.74) is 3.46. The van der Waals surface area contributed by atoms with E-state index >= 15 is 0 Å². The van der Waals surface area contributed by atoms with E-state index in [2.05, 4.69) is 22.1 Å². The SMILES string of the molecule is Cn1cc(CN2CCCN(C3CCCC3)CC2)c(-c2cccc(Cl)c2)n1. The lowest BCUT2D eigenvalue weighted by Gasteiger charge is -2.27.